The lowest BCUT2D eigenvalue weighted by atomic mass is 9.79. The van der Waals surface area contributed by atoms with Gasteiger partial charge in [0.05, 0.1) is 0 Å². The van der Waals surface area contributed by atoms with Crippen molar-refractivity contribution in [2.75, 3.05) is 19.6 Å². The SMILES string of the molecule is CCCN1C(=O)C(CC2CCCCC2)NC(=O)C12CCN(Cc1cn(C)c3ccccc13)CC2. The maximum absolute atomic E-state index is 13.6. The number of amides is 2. The number of carbonyl (C=O) groups is 2. The predicted octanol–water partition coefficient (Wildman–Crippen LogP) is 4.22. The van der Waals surface area contributed by atoms with Crippen molar-refractivity contribution in [1.29, 1.82) is 0 Å². The van der Waals surface area contributed by atoms with Crippen molar-refractivity contribution in [2.45, 2.75) is 82.8 Å². The third kappa shape index (κ3) is 4.26. The normalized spacial score (nSPS) is 24.2. The largest absolute Gasteiger partial charge is 0.350 e. The van der Waals surface area contributed by atoms with Crippen molar-refractivity contribution in [2.24, 2.45) is 13.0 Å². The Morgan fingerprint density at radius 1 is 1.06 bits per heavy atom. The lowest BCUT2D eigenvalue weighted by Crippen LogP contribution is -2.73. The van der Waals surface area contributed by atoms with Crippen LogP contribution in [0.15, 0.2) is 30.5 Å². The van der Waals surface area contributed by atoms with E-state index >= 15 is 0 Å². The first-order valence-corrected chi connectivity index (χ1v) is 13.4. The lowest BCUT2D eigenvalue weighted by Gasteiger charge is -2.52. The zero-order chi connectivity index (χ0) is 23.7. The summed E-state index contributed by atoms with van der Waals surface area (Å²) in [5.41, 5.74) is 1.91. The van der Waals surface area contributed by atoms with Crippen molar-refractivity contribution >= 4 is 22.7 Å². The molecular weight excluding hydrogens is 424 g/mol. The molecule has 3 aliphatic rings. The monoisotopic (exact) mass is 464 g/mol. The average molecular weight is 465 g/mol. The molecule has 1 aromatic carbocycles. The summed E-state index contributed by atoms with van der Waals surface area (Å²) in [4.78, 5) is 31.6. The smallest absolute Gasteiger partial charge is 0.246 e. The summed E-state index contributed by atoms with van der Waals surface area (Å²) in [5.74, 6) is 0.823. The highest BCUT2D eigenvalue weighted by Gasteiger charge is 2.53. The zero-order valence-electron chi connectivity index (χ0n) is 20.9. The Balaban J connectivity index is 1.28. The predicted molar refractivity (Wildman–Crippen MR) is 135 cm³/mol. The Morgan fingerprint density at radius 3 is 2.53 bits per heavy atom. The molecule has 1 saturated carbocycles. The first kappa shape index (κ1) is 23.4. The summed E-state index contributed by atoms with van der Waals surface area (Å²) in [6.45, 7) is 5.33. The van der Waals surface area contributed by atoms with E-state index in [4.69, 9.17) is 0 Å². The second-order valence-corrected chi connectivity index (χ2v) is 10.8. The van der Waals surface area contributed by atoms with Crippen LogP contribution in [0.3, 0.4) is 0 Å². The number of piperidine rings is 1. The maximum atomic E-state index is 13.6. The van der Waals surface area contributed by atoms with E-state index in [1.807, 2.05) is 4.90 Å². The fourth-order valence-corrected chi connectivity index (χ4v) is 6.71. The topological polar surface area (TPSA) is 57.6 Å². The van der Waals surface area contributed by atoms with Gasteiger partial charge in [-0.15, -0.1) is 0 Å². The fraction of sp³-hybridized carbons (Fsp3) is 0.643. The summed E-state index contributed by atoms with van der Waals surface area (Å²) in [6.07, 6.45) is 11.6. The van der Waals surface area contributed by atoms with E-state index in [0.717, 1.165) is 32.5 Å². The molecule has 34 heavy (non-hydrogen) atoms. The van der Waals surface area contributed by atoms with Gasteiger partial charge in [-0.3, -0.25) is 14.5 Å². The quantitative estimate of drug-likeness (QED) is 0.696. The third-order valence-electron chi connectivity index (χ3n) is 8.61. The van der Waals surface area contributed by atoms with Gasteiger partial charge in [-0.1, -0.05) is 57.2 Å². The number of carbonyl (C=O) groups excluding carboxylic acids is 2. The van der Waals surface area contributed by atoms with Gasteiger partial charge in [0.2, 0.25) is 11.8 Å². The molecule has 6 heteroatoms. The van der Waals surface area contributed by atoms with E-state index in [2.05, 4.69) is 59.2 Å². The lowest BCUT2D eigenvalue weighted by molar-refractivity contribution is -0.162. The molecule has 0 bridgehead atoms. The number of aromatic nitrogens is 1. The molecule has 1 atom stereocenters. The summed E-state index contributed by atoms with van der Waals surface area (Å²) in [5, 5.41) is 4.50. The first-order valence-electron chi connectivity index (χ1n) is 13.4. The molecule has 2 aliphatic heterocycles. The standard InChI is InChI=1S/C28H40N4O2/c1-3-15-32-26(33)24(18-21-9-5-4-6-10-21)29-27(34)28(32)13-16-31(17-14-28)20-22-19-30(2)25-12-8-7-11-23(22)25/h7-8,11-12,19,21,24H,3-6,9-10,13-18,20H2,1-2H3,(H,29,34). The molecule has 2 amide bonds. The van der Waals surface area contributed by atoms with Crippen LogP contribution in [0.1, 0.15) is 70.3 Å². The zero-order valence-corrected chi connectivity index (χ0v) is 20.9. The highest BCUT2D eigenvalue weighted by molar-refractivity contribution is 6.00. The molecule has 3 fully saturated rings. The number of benzene rings is 1. The van der Waals surface area contributed by atoms with Crippen LogP contribution in [0, 0.1) is 5.92 Å². The van der Waals surface area contributed by atoms with Crippen LogP contribution in [0.2, 0.25) is 0 Å². The number of nitrogens with zero attached hydrogens (tertiary/aromatic N) is 3. The third-order valence-corrected chi connectivity index (χ3v) is 8.61. The Morgan fingerprint density at radius 2 is 1.79 bits per heavy atom. The molecule has 184 valence electrons. The van der Waals surface area contributed by atoms with Crippen LogP contribution in [-0.4, -0.2) is 57.4 Å². The van der Waals surface area contributed by atoms with E-state index in [-0.39, 0.29) is 17.9 Å². The van der Waals surface area contributed by atoms with Gasteiger partial charge in [0.25, 0.3) is 0 Å². The number of aryl methyl sites for hydroxylation is 1. The van der Waals surface area contributed by atoms with E-state index in [0.29, 0.717) is 25.3 Å². The number of piperazine rings is 1. The molecule has 6 nitrogen and oxygen atoms in total. The number of likely N-dealkylation sites (tertiary alicyclic amines) is 1. The summed E-state index contributed by atoms with van der Waals surface area (Å²) < 4.78 is 2.19. The van der Waals surface area contributed by atoms with Gasteiger partial charge < -0.3 is 14.8 Å². The van der Waals surface area contributed by atoms with Crippen molar-refractivity contribution in [3.63, 3.8) is 0 Å². The molecule has 1 spiro atoms. The molecule has 2 saturated heterocycles. The Labute approximate surface area is 203 Å². The summed E-state index contributed by atoms with van der Waals surface area (Å²) in [7, 11) is 2.10. The van der Waals surface area contributed by atoms with Crippen LogP contribution < -0.4 is 5.32 Å². The number of fused-ring (bicyclic) bond motifs is 1. The molecule has 2 aromatic rings. The second-order valence-electron chi connectivity index (χ2n) is 10.8. The van der Waals surface area contributed by atoms with Gasteiger partial charge in [0.1, 0.15) is 11.6 Å². The van der Waals surface area contributed by atoms with Crippen LogP contribution in [0.5, 0.6) is 0 Å². The van der Waals surface area contributed by atoms with E-state index < -0.39 is 5.54 Å². The van der Waals surface area contributed by atoms with Crippen LogP contribution in [-0.2, 0) is 23.2 Å². The fourth-order valence-electron chi connectivity index (χ4n) is 6.71. The molecule has 1 N–H and O–H groups in total. The van der Waals surface area contributed by atoms with Gasteiger partial charge in [-0.05, 0) is 43.2 Å². The molecule has 5 rings (SSSR count). The van der Waals surface area contributed by atoms with E-state index in [1.165, 1.54) is 48.6 Å². The highest BCUT2D eigenvalue weighted by Crippen LogP contribution is 2.36. The van der Waals surface area contributed by atoms with Crippen molar-refractivity contribution in [3.05, 3.63) is 36.0 Å². The average Bonchev–Trinajstić information content (AvgIpc) is 3.17. The minimum absolute atomic E-state index is 0.0890. The van der Waals surface area contributed by atoms with Gasteiger partial charge in [-0.2, -0.15) is 0 Å². The Kier molecular flexibility index (Phi) is 6.70. The molecule has 1 unspecified atom stereocenters. The number of hydrogen-bond acceptors (Lipinski definition) is 3. The van der Waals surface area contributed by atoms with Crippen molar-refractivity contribution in [1.82, 2.24) is 19.7 Å². The maximum Gasteiger partial charge on any atom is 0.246 e. The summed E-state index contributed by atoms with van der Waals surface area (Å²) in [6, 6.07) is 8.20. The van der Waals surface area contributed by atoms with Gasteiger partial charge in [0.15, 0.2) is 0 Å². The van der Waals surface area contributed by atoms with Gasteiger partial charge in [0, 0.05) is 50.3 Å². The highest BCUT2D eigenvalue weighted by atomic mass is 16.2. The van der Waals surface area contributed by atoms with Crippen molar-refractivity contribution < 1.29 is 9.59 Å². The second kappa shape index (κ2) is 9.73. The Bertz CT molecular complexity index is 1030. The minimum atomic E-state index is -0.675. The number of para-hydroxylation sites is 1. The van der Waals surface area contributed by atoms with Gasteiger partial charge >= 0.3 is 0 Å². The van der Waals surface area contributed by atoms with Crippen LogP contribution in [0.25, 0.3) is 10.9 Å². The first-order chi connectivity index (χ1) is 16.5. The van der Waals surface area contributed by atoms with Crippen LogP contribution >= 0.6 is 0 Å². The number of rotatable bonds is 6. The summed E-state index contributed by atoms with van der Waals surface area (Å²) >= 11 is 0. The molecular formula is C28H40N4O2. The molecule has 3 heterocycles. The molecule has 0 radical (unpaired) electrons. The minimum Gasteiger partial charge on any atom is -0.350 e. The molecule has 1 aliphatic carbocycles. The van der Waals surface area contributed by atoms with Crippen molar-refractivity contribution in [3.8, 4) is 0 Å². The van der Waals surface area contributed by atoms with E-state index in [1.54, 1.807) is 0 Å². The number of hydrogen-bond donors (Lipinski definition) is 1. The molecule has 1 aromatic heterocycles. The van der Waals surface area contributed by atoms with Gasteiger partial charge in [-0.25, -0.2) is 0 Å². The van der Waals surface area contributed by atoms with E-state index in [9.17, 15) is 9.59 Å². The number of nitrogens with one attached hydrogen (secondary N) is 1. The van der Waals surface area contributed by atoms with Crippen LogP contribution in [0.4, 0.5) is 0 Å². The Hall–Kier alpha value is -2.34.